The standard InChI is InChI=1S/C14H15N3O/c1-14(2)8-18-12-5-3-9(7-10(12)14)11-4-6-13(15)17-16-11/h3-7H,8H2,1-2H3,(H2,15,17). The Morgan fingerprint density at radius 1 is 1.17 bits per heavy atom. The molecule has 0 aliphatic carbocycles. The third-order valence-corrected chi connectivity index (χ3v) is 3.28. The summed E-state index contributed by atoms with van der Waals surface area (Å²) in [5.74, 6) is 1.40. The third-order valence-electron chi connectivity index (χ3n) is 3.28. The number of anilines is 1. The van der Waals surface area contributed by atoms with Gasteiger partial charge in [-0.05, 0) is 30.3 Å². The normalized spacial score (nSPS) is 16.1. The van der Waals surface area contributed by atoms with Crippen molar-refractivity contribution >= 4 is 5.82 Å². The Bertz CT molecular complexity index is 590. The number of hydrogen-bond donors (Lipinski definition) is 1. The number of nitrogens with zero attached hydrogens (tertiary/aromatic N) is 2. The molecule has 3 rings (SSSR count). The molecule has 1 aliphatic heterocycles. The lowest BCUT2D eigenvalue weighted by molar-refractivity contribution is 0.291. The van der Waals surface area contributed by atoms with E-state index in [4.69, 9.17) is 10.5 Å². The predicted molar refractivity (Wildman–Crippen MR) is 70.4 cm³/mol. The molecule has 2 aromatic rings. The van der Waals surface area contributed by atoms with Crippen LogP contribution in [0.2, 0.25) is 0 Å². The van der Waals surface area contributed by atoms with Crippen LogP contribution in [0.4, 0.5) is 5.82 Å². The fourth-order valence-corrected chi connectivity index (χ4v) is 2.18. The van der Waals surface area contributed by atoms with Gasteiger partial charge < -0.3 is 10.5 Å². The lowest BCUT2D eigenvalue weighted by Crippen LogP contribution is -2.18. The van der Waals surface area contributed by atoms with Gasteiger partial charge in [0.25, 0.3) is 0 Å². The lowest BCUT2D eigenvalue weighted by Gasteiger charge is -2.15. The van der Waals surface area contributed by atoms with Crippen molar-refractivity contribution in [1.29, 1.82) is 0 Å². The number of fused-ring (bicyclic) bond motifs is 1. The first-order valence-electron chi connectivity index (χ1n) is 5.93. The molecule has 0 fully saturated rings. The van der Waals surface area contributed by atoms with Crippen LogP contribution in [0.25, 0.3) is 11.3 Å². The summed E-state index contributed by atoms with van der Waals surface area (Å²) in [6.07, 6.45) is 0. The van der Waals surface area contributed by atoms with Gasteiger partial charge in [0, 0.05) is 16.5 Å². The maximum absolute atomic E-state index is 5.67. The average molecular weight is 241 g/mol. The van der Waals surface area contributed by atoms with Crippen molar-refractivity contribution in [3.63, 3.8) is 0 Å². The van der Waals surface area contributed by atoms with Crippen molar-refractivity contribution in [2.45, 2.75) is 19.3 Å². The second kappa shape index (κ2) is 3.70. The van der Waals surface area contributed by atoms with Crippen molar-refractivity contribution in [3.05, 3.63) is 35.9 Å². The van der Waals surface area contributed by atoms with Crippen LogP contribution in [0, 0.1) is 0 Å². The monoisotopic (exact) mass is 241 g/mol. The van der Waals surface area contributed by atoms with Gasteiger partial charge in [0.15, 0.2) is 0 Å². The number of nitrogen functional groups attached to an aromatic ring is 1. The highest BCUT2D eigenvalue weighted by Crippen LogP contribution is 2.40. The first kappa shape index (κ1) is 11.0. The maximum Gasteiger partial charge on any atom is 0.146 e. The van der Waals surface area contributed by atoms with Crippen molar-refractivity contribution in [1.82, 2.24) is 10.2 Å². The zero-order valence-electron chi connectivity index (χ0n) is 10.5. The van der Waals surface area contributed by atoms with Gasteiger partial charge in [-0.1, -0.05) is 13.8 Å². The molecular formula is C14H15N3O. The van der Waals surface area contributed by atoms with Crippen LogP contribution >= 0.6 is 0 Å². The number of rotatable bonds is 1. The van der Waals surface area contributed by atoms with E-state index < -0.39 is 0 Å². The Morgan fingerprint density at radius 2 is 2.00 bits per heavy atom. The van der Waals surface area contributed by atoms with E-state index in [0.29, 0.717) is 5.82 Å². The van der Waals surface area contributed by atoms with E-state index in [1.54, 1.807) is 6.07 Å². The van der Waals surface area contributed by atoms with Gasteiger partial charge in [-0.2, -0.15) is 0 Å². The van der Waals surface area contributed by atoms with E-state index in [1.165, 1.54) is 5.56 Å². The van der Waals surface area contributed by atoms with E-state index in [9.17, 15) is 0 Å². The van der Waals surface area contributed by atoms with E-state index >= 15 is 0 Å². The minimum atomic E-state index is 0.0482. The molecule has 0 unspecified atom stereocenters. The number of ether oxygens (including phenoxy) is 1. The van der Waals surface area contributed by atoms with Gasteiger partial charge in [-0.15, -0.1) is 10.2 Å². The van der Waals surface area contributed by atoms with Gasteiger partial charge in [-0.3, -0.25) is 0 Å². The summed E-state index contributed by atoms with van der Waals surface area (Å²) >= 11 is 0. The average Bonchev–Trinajstić information content (AvgIpc) is 2.66. The topological polar surface area (TPSA) is 61.0 Å². The van der Waals surface area contributed by atoms with Crippen molar-refractivity contribution in [3.8, 4) is 17.0 Å². The Kier molecular flexibility index (Phi) is 2.26. The van der Waals surface area contributed by atoms with Crippen molar-refractivity contribution < 1.29 is 4.74 Å². The molecule has 1 aromatic heterocycles. The van der Waals surface area contributed by atoms with Crippen LogP contribution in [0.1, 0.15) is 19.4 Å². The second-order valence-corrected chi connectivity index (χ2v) is 5.23. The molecule has 2 N–H and O–H groups in total. The summed E-state index contributed by atoms with van der Waals surface area (Å²) in [4.78, 5) is 0. The van der Waals surface area contributed by atoms with Crippen LogP contribution in [0.5, 0.6) is 5.75 Å². The molecule has 92 valence electrons. The molecule has 1 aromatic carbocycles. The third kappa shape index (κ3) is 1.70. The van der Waals surface area contributed by atoms with Crippen molar-refractivity contribution in [2.75, 3.05) is 12.3 Å². The first-order chi connectivity index (χ1) is 8.56. The molecule has 0 radical (unpaired) electrons. The number of aromatic nitrogens is 2. The number of benzene rings is 1. The molecule has 1 aliphatic rings. The van der Waals surface area contributed by atoms with E-state index in [1.807, 2.05) is 18.2 Å². The minimum absolute atomic E-state index is 0.0482. The van der Waals surface area contributed by atoms with Gasteiger partial charge in [0.1, 0.15) is 11.6 Å². The lowest BCUT2D eigenvalue weighted by atomic mass is 9.86. The van der Waals surface area contributed by atoms with Crippen LogP contribution < -0.4 is 10.5 Å². The predicted octanol–water partition coefficient (Wildman–Crippen LogP) is 2.40. The van der Waals surface area contributed by atoms with Crippen LogP contribution in [0.15, 0.2) is 30.3 Å². The Balaban J connectivity index is 2.08. The molecule has 0 atom stereocenters. The Morgan fingerprint density at radius 3 is 2.72 bits per heavy atom. The second-order valence-electron chi connectivity index (χ2n) is 5.23. The molecule has 0 saturated carbocycles. The first-order valence-corrected chi connectivity index (χ1v) is 5.93. The highest BCUT2D eigenvalue weighted by Gasteiger charge is 2.31. The van der Waals surface area contributed by atoms with Crippen LogP contribution in [-0.2, 0) is 5.41 Å². The van der Waals surface area contributed by atoms with Gasteiger partial charge in [0.2, 0.25) is 0 Å². The molecular weight excluding hydrogens is 226 g/mol. The van der Waals surface area contributed by atoms with E-state index in [2.05, 4.69) is 30.1 Å². The quantitative estimate of drug-likeness (QED) is 0.832. The van der Waals surface area contributed by atoms with Gasteiger partial charge in [-0.25, -0.2) is 0 Å². The van der Waals surface area contributed by atoms with Crippen molar-refractivity contribution in [2.24, 2.45) is 0 Å². The van der Waals surface area contributed by atoms with E-state index in [0.717, 1.165) is 23.6 Å². The van der Waals surface area contributed by atoms with E-state index in [-0.39, 0.29) is 5.41 Å². The summed E-state index contributed by atoms with van der Waals surface area (Å²) in [6.45, 7) is 5.08. The van der Waals surface area contributed by atoms with Gasteiger partial charge >= 0.3 is 0 Å². The summed E-state index contributed by atoms with van der Waals surface area (Å²) in [5, 5.41) is 7.99. The van der Waals surface area contributed by atoms with Crippen LogP contribution in [-0.4, -0.2) is 16.8 Å². The molecule has 0 saturated heterocycles. The molecule has 2 heterocycles. The van der Waals surface area contributed by atoms with Gasteiger partial charge in [0.05, 0.1) is 12.3 Å². The zero-order valence-corrected chi connectivity index (χ0v) is 10.5. The molecule has 0 spiro atoms. The molecule has 18 heavy (non-hydrogen) atoms. The fraction of sp³-hybridized carbons (Fsp3) is 0.286. The highest BCUT2D eigenvalue weighted by molar-refractivity contribution is 5.64. The molecule has 4 heteroatoms. The molecule has 0 bridgehead atoms. The molecule has 4 nitrogen and oxygen atoms in total. The highest BCUT2D eigenvalue weighted by atomic mass is 16.5. The SMILES string of the molecule is CC1(C)COc2ccc(-c3ccc(N)nn3)cc21. The largest absolute Gasteiger partial charge is 0.492 e. The minimum Gasteiger partial charge on any atom is -0.492 e. The number of nitrogens with two attached hydrogens (primary N) is 1. The zero-order chi connectivity index (χ0) is 12.8. The Labute approximate surface area is 106 Å². The smallest absolute Gasteiger partial charge is 0.146 e. The van der Waals surface area contributed by atoms with Crippen LogP contribution in [0.3, 0.4) is 0 Å². The maximum atomic E-state index is 5.67. The summed E-state index contributed by atoms with van der Waals surface area (Å²) in [7, 11) is 0. The molecule has 0 amide bonds. The summed E-state index contributed by atoms with van der Waals surface area (Å²) < 4.78 is 5.67. The number of hydrogen-bond acceptors (Lipinski definition) is 4. The summed E-state index contributed by atoms with van der Waals surface area (Å²) in [5.41, 5.74) is 8.68. The summed E-state index contributed by atoms with van der Waals surface area (Å²) in [6, 6.07) is 9.77. The fourth-order valence-electron chi connectivity index (χ4n) is 2.18. The Hall–Kier alpha value is -2.10.